The smallest absolute Gasteiger partial charge is 0.0931 e. The number of fused-ring (bicyclic) bond motifs is 1. The Morgan fingerprint density at radius 3 is 2.81 bits per heavy atom. The first-order valence-corrected chi connectivity index (χ1v) is 5.75. The van der Waals surface area contributed by atoms with Gasteiger partial charge in [0.2, 0.25) is 0 Å². The third kappa shape index (κ3) is 1.21. The molecule has 1 saturated carbocycles. The van der Waals surface area contributed by atoms with Gasteiger partial charge >= 0.3 is 0 Å². The second-order valence-corrected chi connectivity index (χ2v) is 5.42. The van der Waals surface area contributed by atoms with Gasteiger partial charge in [0.25, 0.3) is 0 Å². The van der Waals surface area contributed by atoms with Crippen LogP contribution in [0, 0.1) is 0 Å². The Morgan fingerprint density at radius 1 is 1.38 bits per heavy atom. The minimum absolute atomic E-state index is 0.0132. The van der Waals surface area contributed by atoms with Gasteiger partial charge in [-0.05, 0) is 30.5 Å². The van der Waals surface area contributed by atoms with Gasteiger partial charge in [-0.25, -0.2) is 4.98 Å². The molecule has 0 spiro atoms. The largest absolute Gasteiger partial charge is 0.345 e. The van der Waals surface area contributed by atoms with Crippen LogP contribution in [0.15, 0.2) is 24.5 Å². The van der Waals surface area contributed by atoms with E-state index in [4.69, 9.17) is 5.73 Å². The highest BCUT2D eigenvalue weighted by Crippen LogP contribution is 2.49. The van der Waals surface area contributed by atoms with Crippen molar-refractivity contribution < 1.29 is 0 Å². The summed E-state index contributed by atoms with van der Waals surface area (Å²) in [5.74, 6) is 0. The van der Waals surface area contributed by atoms with Gasteiger partial charge in [-0.15, -0.1) is 0 Å². The first kappa shape index (κ1) is 9.85. The maximum atomic E-state index is 6.35. The summed E-state index contributed by atoms with van der Waals surface area (Å²) < 4.78 is 0. The van der Waals surface area contributed by atoms with Gasteiger partial charge in [-0.2, -0.15) is 0 Å². The average molecular weight is 215 g/mol. The zero-order valence-electron chi connectivity index (χ0n) is 9.75. The number of H-pyrrole nitrogens is 1. The van der Waals surface area contributed by atoms with Crippen molar-refractivity contribution in [3.63, 3.8) is 0 Å². The second-order valence-electron chi connectivity index (χ2n) is 5.42. The molecule has 2 aromatic rings. The Bertz CT molecular complexity index is 535. The van der Waals surface area contributed by atoms with E-state index in [0.717, 1.165) is 23.9 Å². The second kappa shape index (κ2) is 2.86. The van der Waals surface area contributed by atoms with Crippen LogP contribution in [0.5, 0.6) is 0 Å². The quantitative estimate of drug-likeness (QED) is 0.807. The van der Waals surface area contributed by atoms with Crippen molar-refractivity contribution in [2.75, 3.05) is 0 Å². The molecule has 0 aliphatic heterocycles. The predicted molar refractivity (Wildman–Crippen MR) is 65.3 cm³/mol. The van der Waals surface area contributed by atoms with Crippen molar-refractivity contribution >= 4 is 11.0 Å². The van der Waals surface area contributed by atoms with Gasteiger partial charge in [0.05, 0.1) is 17.4 Å². The van der Waals surface area contributed by atoms with Gasteiger partial charge in [-0.3, -0.25) is 0 Å². The van der Waals surface area contributed by atoms with E-state index < -0.39 is 0 Å². The molecule has 1 aliphatic carbocycles. The first-order chi connectivity index (χ1) is 7.53. The Morgan fingerprint density at radius 2 is 2.12 bits per heavy atom. The molecule has 0 bridgehead atoms. The predicted octanol–water partition coefficient (Wildman–Crippen LogP) is 2.33. The molecule has 3 nitrogen and oxygen atoms in total. The Hall–Kier alpha value is -1.35. The summed E-state index contributed by atoms with van der Waals surface area (Å²) in [6.07, 6.45) is 3.98. The van der Waals surface area contributed by atoms with E-state index in [-0.39, 0.29) is 11.0 Å². The summed E-state index contributed by atoms with van der Waals surface area (Å²) in [5.41, 5.74) is 9.77. The number of aromatic nitrogens is 2. The van der Waals surface area contributed by atoms with E-state index >= 15 is 0 Å². The average Bonchev–Trinajstić information content (AvgIpc) is 2.86. The van der Waals surface area contributed by atoms with E-state index in [1.807, 2.05) is 0 Å². The summed E-state index contributed by atoms with van der Waals surface area (Å²) in [6, 6.07) is 6.39. The maximum absolute atomic E-state index is 6.35. The molecular weight excluding hydrogens is 198 g/mol. The lowest BCUT2D eigenvalue weighted by Gasteiger charge is -2.32. The van der Waals surface area contributed by atoms with E-state index in [0.29, 0.717) is 0 Å². The highest BCUT2D eigenvalue weighted by Gasteiger charge is 2.51. The van der Waals surface area contributed by atoms with E-state index in [9.17, 15) is 0 Å². The maximum Gasteiger partial charge on any atom is 0.0931 e. The van der Waals surface area contributed by atoms with Crippen LogP contribution in [0.2, 0.25) is 0 Å². The van der Waals surface area contributed by atoms with Crippen molar-refractivity contribution in [2.24, 2.45) is 5.73 Å². The number of nitrogens with one attached hydrogen (secondary N) is 1. The number of benzene rings is 1. The topological polar surface area (TPSA) is 54.7 Å². The molecule has 3 N–H and O–H groups in total. The molecule has 0 atom stereocenters. The van der Waals surface area contributed by atoms with Gasteiger partial charge in [0, 0.05) is 11.0 Å². The molecular formula is C13H17N3. The summed E-state index contributed by atoms with van der Waals surface area (Å²) in [6.45, 7) is 4.47. The highest BCUT2D eigenvalue weighted by atomic mass is 14.9. The lowest BCUT2D eigenvalue weighted by atomic mass is 9.76. The van der Waals surface area contributed by atoms with Gasteiger partial charge in [-0.1, -0.05) is 19.9 Å². The van der Waals surface area contributed by atoms with Crippen LogP contribution < -0.4 is 5.73 Å². The fourth-order valence-electron chi connectivity index (χ4n) is 2.37. The third-order valence-corrected chi connectivity index (χ3v) is 4.18. The molecule has 16 heavy (non-hydrogen) atoms. The molecule has 1 aromatic carbocycles. The minimum Gasteiger partial charge on any atom is -0.345 e. The van der Waals surface area contributed by atoms with Gasteiger partial charge in [0.1, 0.15) is 0 Å². The Labute approximate surface area is 95.1 Å². The summed E-state index contributed by atoms with van der Waals surface area (Å²) >= 11 is 0. The fraction of sp³-hybridized carbons (Fsp3) is 0.462. The standard InChI is InChI=1S/C13H17N3/c1-12(2,13(14)5-6-13)9-3-4-10-11(7-9)16-8-15-10/h3-4,7-8H,5-6,14H2,1-2H3,(H,15,16). The number of imidazole rings is 1. The van der Waals surface area contributed by atoms with Crippen molar-refractivity contribution in [3.05, 3.63) is 30.1 Å². The first-order valence-electron chi connectivity index (χ1n) is 5.75. The molecule has 0 radical (unpaired) electrons. The SMILES string of the molecule is CC(C)(c1ccc2nc[nH]c2c1)C1(N)CC1. The van der Waals surface area contributed by atoms with Crippen molar-refractivity contribution in [2.45, 2.75) is 37.6 Å². The zero-order valence-corrected chi connectivity index (χ0v) is 9.75. The van der Waals surface area contributed by atoms with E-state index in [1.54, 1.807) is 6.33 Å². The summed E-state index contributed by atoms with van der Waals surface area (Å²) in [5, 5.41) is 0. The molecule has 1 heterocycles. The van der Waals surface area contributed by atoms with Crippen LogP contribution in [0.4, 0.5) is 0 Å². The molecule has 0 saturated heterocycles. The lowest BCUT2D eigenvalue weighted by Crippen LogP contribution is -2.43. The number of aromatic amines is 1. The normalized spacial score (nSPS) is 18.9. The number of hydrogen-bond donors (Lipinski definition) is 2. The monoisotopic (exact) mass is 215 g/mol. The van der Waals surface area contributed by atoms with Crippen molar-refractivity contribution in [1.29, 1.82) is 0 Å². The van der Waals surface area contributed by atoms with Gasteiger partial charge < -0.3 is 10.7 Å². The third-order valence-electron chi connectivity index (χ3n) is 4.18. The number of nitrogens with two attached hydrogens (primary N) is 1. The lowest BCUT2D eigenvalue weighted by molar-refractivity contribution is 0.391. The van der Waals surface area contributed by atoms with E-state index in [2.05, 4.69) is 42.0 Å². The molecule has 3 rings (SSSR count). The van der Waals surface area contributed by atoms with Crippen LogP contribution in [-0.2, 0) is 5.41 Å². The van der Waals surface area contributed by atoms with Crippen molar-refractivity contribution in [3.8, 4) is 0 Å². The molecule has 1 aliphatic rings. The highest BCUT2D eigenvalue weighted by molar-refractivity contribution is 5.75. The number of nitrogens with zero attached hydrogens (tertiary/aromatic N) is 1. The van der Waals surface area contributed by atoms with Crippen molar-refractivity contribution in [1.82, 2.24) is 9.97 Å². The molecule has 1 fully saturated rings. The number of hydrogen-bond acceptors (Lipinski definition) is 2. The molecule has 0 amide bonds. The van der Waals surface area contributed by atoms with Crippen LogP contribution in [0.25, 0.3) is 11.0 Å². The van der Waals surface area contributed by atoms with Crippen LogP contribution in [0.3, 0.4) is 0 Å². The number of rotatable bonds is 2. The minimum atomic E-state index is -0.0132. The zero-order chi connectivity index (χ0) is 11.4. The summed E-state index contributed by atoms with van der Waals surface area (Å²) in [4.78, 5) is 7.38. The summed E-state index contributed by atoms with van der Waals surface area (Å²) in [7, 11) is 0. The molecule has 3 heteroatoms. The Kier molecular flexibility index (Phi) is 1.76. The molecule has 0 unspecified atom stereocenters. The fourth-order valence-corrected chi connectivity index (χ4v) is 2.37. The molecule has 1 aromatic heterocycles. The van der Waals surface area contributed by atoms with Crippen LogP contribution in [-0.4, -0.2) is 15.5 Å². The van der Waals surface area contributed by atoms with Crippen LogP contribution in [0.1, 0.15) is 32.3 Å². The van der Waals surface area contributed by atoms with Gasteiger partial charge in [0.15, 0.2) is 0 Å². The van der Waals surface area contributed by atoms with Crippen LogP contribution >= 0.6 is 0 Å². The van der Waals surface area contributed by atoms with E-state index in [1.165, 1.54) is 5.56 Å². The Balaban J connectivity index is 2.11. The molecule has 84 valence electrons.